The molecule has 2 aliphatic heterocycles. The molecule has 0 radical (unpaired) electrons. The Balaban J connectivity index is 1.60. The standard InChI is InChI=1S/C84H157NO13/c1-3-5-7-9-11-13-15-17-19-21-23-25-27-29-31-33-34-35-36-37-38-40-42-44-46-48-50-52-54-56-58-60-62-64-66-68-76(89)85-72(71-95-83-81(94)79(92)82(75(70-87)97-83)98-84-80(93)78(91)77(90)74(69-86)96-84)73(88)67-65-63-61-59-57-55-53-51-49-47-45-43-41-39-32-30-28-26-24-22-20-18-16-14-12-10-8-6-4-2/h15,17,21,23,57,59,65,67,72-75,77-84,86-88,90-94H,3-14,16,18-20,22,24-56,58,60-64,66,68-71H2,1-2H3,(H,85,89)/b17-15-,23-21-,59-57+,67-65+. The molecule has 0 aromatic heterocycles. The first-order valence-electron chi connectivity index (χ1n) is 41.9. The van der Waals surface area contributed by atoms with Crippen molar-refractivity contribution in [2.45, 2.75) is 460 Å². The Morgan fingerprint density at radius 3 is 1.06 bits per heavy atom. The number of hydrogen-bond donors (Lipinski definition) is 9. The van der Waals surface area contributed by atoms with Gasteiger partial charge in [-0.3, -0.25) is 4.79 Å². The lowest BCUT2D eigenvalue weighted by Gasteiger charge is -2.46. The van der Waals surface area contributed by atoms with Gasteiger partial charge in [-0.25, -0.2) is 0 Å². The molecule has 2 saturated heterocycles. The lowest BCUT2D eigenvalue weighted by molar-refractivity contribution is -0.359. The number of allylic oxidation sites excluding steroid dienone is 7. The van der Waals surface area contributed by atoms with E-state index >= 15 is 0 Å². The van der Waals surface area contributed by atoms with Crippen molar-refractivity contribution < 1.29 is 64.6 Å². The first kappa shape index (κ1) is 92.0. The predicted molar refractivity (Wildman–Crippen MR) is 406 cm³/mol. The molecule has 14 nitrogen and oxygen atoms in total. The first-order chi connectivity index (χ1) is 48.1. The van der Waals surface area contributed by atoms with Crippen LogP contribution in [0.2, 0.25) is 0 Å². The molecule has 9 N–H and O–H groups in total. The summed E-state index contributed by atoms with van der Waals surface area (Å²) in [6, 6.07) is -0.933. The van der Waals surface area contributed by atoms with Crippen molar-refractivity contribution in [2.24, 2.45) is 0 Å². The van der Waals surface area contributed by atoms with E-state index in [2.05, 4.69) is 55.6 Å². The highest BCUT2D eigenvalue weighted by Gasteiger charge is 2.51. The van der Waals surface area contributed by atoms with Crippen molar-refractivity contribution in [2.75, 3.05) is 19.8 Å². The molecule has 2 rings (SSSR count). The van der Waals surface area contributed by atoms with Crippen LogP contribution in [0.3, 0.4) is 0 Å². The van der Waals surface area contributed by atoms with Crippen LogP contribution in [0.5, 0.6) is 0 Å². The van der Waals surface area contributed by atoms with E-state index in [4.69, 9.17) is 18.9 Å². The van der Waals surface area contributed by atoms with Gasteiger partial charge >= 0.3 is 0 Å². The molecule has 1 amide bonds. The number of rotatable bonds is 71. The third kappa shape index (κ3) is 50.4. The minimum atomic E-state index is -1.79. The number of hydrogen-bond acceptors (Lipinski definition) is 13. The summed E-state index contributed by atoms with van der Waals surface area (Å²) in [4.78, 5) is 13.4. The van der Waals surface area contributed by atoms with Gasteiger partial charge in [0.15, 0.2) is 12.6 Å². The molecule has 12 atom stereocenters. The Morgan fingerprint density at radius 2 is 0.684 bits per heavy atom. The normalized spacial score (nSPS) is 22.2. The van der Waals surface area contributed by atoms with Gasteiger partial charge in [0.05, 0.1) is 32.0 Å². The molecule has 0 spiro atoms. The molecule has 576 valence electrons. The molecule has 0 saturated carbocycles. The summed E-state index contributed by atoms with van der Waals surface area (Å²) in [6.45, 7) is 2.84. The maximum Gasteiger partial charge on any atom is 0.220 e. The maximum absolute atomic E-state index is 13.4. The summed E-state index contributed by atoms with van der Waals surface area (Å²) in [5.41, 5.74) is 0. The first-order valence-corrected chi connectivity index (χ1v) is 41.9. The van der Waals surface area contributed by atoms with Gasteiger partial charge in [0.2, 0.25) is 5.91 Å². The summed E-state index contributed by atoms with van der Waals surface area (Å²) < 4.78 is 22.9. The van der Waals surface area contributed by atoms with Crippen molar-refractivity contribution >= 4 is 5.91 Å². The topological polar surface area (TPSA) is 228 Å². The van der Waals surface area contributed by atoms with E-state index in [0.29, 0.717) is 12.8 Å². The van der Waals surface area contributed by atoms with Crippen molar-refractivity contribution in [3.8, 4) is 0 Å². The summed E-state index contributed by atoms with van der Waals surface area (Å²) in [5, 5.41) is 87.7. The van der Waals surface area contributed by atoms with Crippen molar-refractivity contribution in [1.29, 1.82) is 0 Å². The number of aliphatic hydroxyl groups is 8. The highest BCUT2D eigenvalue weighted by molar-refractivity contribution is 5.76. The van der Waals surface area contributed by atoms with E-state index < -0.39 is 86.8 Å². The highest BCUT2D eigenvalue weighted by atomic mass is 16.7. The van der Waals surface area contributed by atoms with Crippen molar-refractivity contribution in [1.82, 2.24) is 5.32 Å². The second kappa shape index (κ2) is 68.1. The van der Waals surface area contributed by atoms with Crippen LogP contribution in [0.1, 0.15) is 386 Å². The minimum absolute atomic E-state index is 0.241. The molecule has 2 aliphatic rings. The molecule has 2 fully saturated rings. The van der Waals surface area contributed by atoms with Crippen LogP contribution in [-0.4, -0.2) is 140 Å². The summed E-state index contributed by atoms with van der Waals surface area (Å²) in [5.74, 6) is -0.241. The van der Waals surface area contributed by atoms with E-state index in [0.717, 1.165) is 38.5 Å². The van der Waals surface area contributed by atoms with Gasteiger partial charge in [0.25, 0.3) is 0 Å². The third-order valence-electron chi connectivity index (χ3n) is 20.5. The van der Waals surface area contributed by atoms with Crippen LogP contribution in [0.25, 0.3) is 0 Å². The fraction of sp³-hybridized carbons (Fsp3) is 0.893. The molecule has 0 aliphatic carbocycles. The monoisotopic (exact) mass is 1390 g/mol. The lowest BCUT2D eigenvalue weighted by Crippen LogP contribution is -2.65. The molecule has 0 bridgehead atoms. The SMILES string of the molecule is CCCCCCC/C=C\C/C=C\CCCCCCCCCCCCCCCCCCCCCCCCCC(=O)NC(COC1OC(CO)C(OC2OC(CO)C(O)C(O)C2O)C(O)C1O)C(O)/C=C/CC/C=C/CCCCCCCCCCCCCCCCCCCCCCCCC. The third-order valence-corrected chi connectivity index (χ3v) is 20.5. The Bertz CT molecular complexity index is 1830. The van der Waals surface area contributed by atoms with Crippen LogP contribution in [-0.2, 0) is 23.7 Å². The Morgan fingerprint density at radius 1 is 0.367 bits per heavy atom. The van der Waals surface area contributed by atoms with Gasteiger partial charge in [0, 0.05) is 6.42 Å². The van der Waals surface area contributed by atoms with Crippen LogP contribution in [0, 0.1) is 0 Å². The predicted octanol–water partition coefficient (Wildman–Crippen LogP) is 19.4. The second-order valence-corrected chi connectivity index (χ2v) is 29.6. The summed E-state index contributed by atoms with van der Waals surface area (Å²) in [7, 11) is 0. The zero-order valence-electron chi connectivity index (χ0n) is 63.3. The van der Waals surface area contributed by atoms with E-state index in [1.165, 1.54) is 315 Å². The molecular formula is C84H157NO13. The van der Waals surface area contributed by atoms with E-state index in [1.54, 1.807) is 6.08 Å². The fourth-order valence-corrected chi connectivity index (χ4v) is 13.9. The van der Waals surface area contributed by atoms with Crippen LogP contribution in [0.15, 0.2) is 48.6 Å². The van der Waals surface area contributed by atoms with Crippen LogP contribution >= 0.6 is 0 Å². The molecular weight excluding hydrogens is 1230 g/mol. The average molecular weight is 1390 g/mol. The molecule has 0 aromatic carbocycles. The van der Waals surface area contributed by atoms with Gasteiger partial charge < -0.3 is 65.1 Å². The average Bonchev–Trinajstić information content (AvgIpc) is 0.797. The number of carbonyl (C=O) groups is 1. The van der Waals surface area contributed by atoms with Gasteiger partial charge in [-0.1, -0.05) is 364 Å². The maximum atomic E-state index is 13.4. The smallest absolute Gasteiger partial charge is 0.220 e. The number of ether oxygens (including phenoxy) is 4. The largest absolute Gasteiger partial charge is 0.394 e. The lowest BCUT2D eigenvalue weighted by atomic mass is 9.97. The molecule has 2 heterocycles. The number of amides is 1. The number of carbonyl (C=O) groups excluding carboxylic acids is 1. The van der Waals surface area contributed by atoms with Crippen molar-refractivity contribution in [3.05, 3.63) is 48.6 Å². The quantitative estimate of drug-likeness (QED) is 0.0204. The zero-order chi connectivity index (χ0) is 70.8. The van der Waals surface area contributed by atoms with Gasteiger partial charge in [-0.2, -0.15) is 0 Å². The Hall–Kier alpha value is -2.05. The van der Waals surface area contributed by atoms with Gasteiger partial charge in [0.1, 0.15) is 48.8 Å². The molecule has 14 heteroatoms. The number of nitrogens with one attached hydrogen (secondary N) is 1. The highest BCUT2D eigenvalue weighted by Crippen LogP contribution is 2.30. The van der Waals surface area contributed by atoms with E-state index in [9.17, 15) is 45.6 Å². The molecule has 98 heavy (non-hydrogen) atoms. The summed E-state index contributed by atoms with van der Waals surface area (Å²) in [6.07, 6.45) is 75.0. The number of aliphatic hydroxyl groups excluding tert-OH is 8. The Kier molecular flexibility index (Phi) is 63.9. The number of unbranched alkanes of at least 4 members (excludes halogenated alkanes) is 52. The zero-order valence-corrected chi connectivity index (χ0v) is 63.3. The fourth-order valence-electron chi connectivity index (χ4n) is 13.9. The molecule has 0 aromatic rings. The van der Waals surface area contributed by atoms with Gasteiger partial charge in [-0.15, -0.1) is 0 Å². The van der Waals surface area contributed by atoms with Crippen LogP contribution < -0.4 is 5.32 Å². The van der Waals surface area contributed by atoms with Gasteiger partial charge in [-0.05, 0) is 64.2 Å². The van der Waals surface area contributed by atoms with Crippen LogP contribution in [0.4, 0.5) is 0 Å². The summed E-state index contributed by atoms with van der Waals surface area (Å²) >= 11 is 0. The van der Waals surface area contributed by atoms with E-state index in [1.807, 2.05) is 6.08 Å². The molecule has 12 unspecified atom stereocenters. The second-order valence-electron chi connectivity index (χ2n) is 29.6. The van der Waals surface area contributed by atoms with Crippen molar-refractivity contribution in [3.63, 3.8) is 0 Å². The van der Waals surface area contributed by atoms with E-state index in [-0.39, 0.29) is 18.9 Å². The minimum Gasteiger partial charge on any atom is -0.394 e. The Labute approximate surface area is 601 Å².